The molecule has 1 atom stereocenters. The van der Waals surface area contributed by atoms with E-state index in [1.807, 2.05) is 48.7 Å². The molecule has 2 aliphatic rings. The number of rotatable bonds is 5. The highest BCUT2D eigenvalue weighted by Gasteiger charge is 2.43. The van der Waals surface area contributed by atoms with E-state index >= 15 is 0 Å². The molecule has 0 radical (unpaired) electrons. The van der Waals surface area contributed by atoms with Crippen LogP contribution < -0.4 is 10.5 Å². The van der Waals surface area contributed by atoms with E-state index in [9.17, 15) is 9.59 Å². The lowest BCUT2D eigenvalue weighted by atomic mass is 9.84. The Balaban J connectivity index is 1.43. The molecular formula is C27H32N4O4. The Hall–Kier alpha value is -3.55. The van der Waals surface area contributed by atoms with Gasteiger partial charge in [0.2, 0.25) is 0 Å². The summed E-state index contributed by atoms with van der Waals surface area (Å²) in [4.78, 5) is 32.2. The Bertz CT molecular complexity index is 1230. The van der Waals surface area contributed by atoms with Gasteiger partial charge >= 0.3 is 6.09 Å². The van der Waals surface area contributed by atoms with Crippen molar-refractivity contribution in [2.75, 3.05) is 20.2 Å². The van der Waals surface area contributed by atoms with Gasteiger partial charge in [-0.05, 0) is 62.8 Å². The van der Waals surface area contributed by atoms with Crippen molar-refractivity contribution in [2.24, 2.45) is 5.73 Å². The molecule has 3 heterocycles. The number of ether oxygens (including phenoxy) is 2. The Morgan fingerprint density at radius 1 is 1.06 bits per heavy atom. The molecular weight excluding hydrogens is 444 g/mol. The highest BCUT2D eigenvalue weighted by molar-refractivity contribution is 5.86. The van der Waals surface area contributed by atoms with Crippen LogP contribution in [0.2, 0.25) is 0 Å². The quantitative estimate of drug-likeness (QED) is 0.584. The molecule has 1 aliphatic heterocycles. The van der Waals surface area contributed by atoms with Gasteiger partial charge in [0.1, 0.15) is 17.3 Å². The Kier molecular flexibility index (Phi) is 6.36. The summed E-state index contributed by atoms with van der Waals surface area (Å²) in [6, 6.07) is 13.9. The number of likely N-dealkylation sites (tertiary alicyclic amines) is 1. The van der Waals surface area contributed by atoms with Crippen LogP contribution >= 0.6 is 0 Å². The number of methoxy groups -OCH3 is 1. The first-order chi connectivity index (χ1) is 17.0. The molecule has 1 unspecified atom stereocenters. The van der Waals surface area contributed by atoms with Crippen molar-refractivity contribution in [1.29, 1.82) is 0 Å². The molecule has 5 rings (SSSR count). The summed E-state index contributed by atoms with van der Waals surface area (Å²) in [7, 11) is 1.66. The molecule has 0 bridgehead atoms. The van der Waals surface area contributed by atoms with Crippen LogP contribution in [0.4, 0.5) is 4.79 Å². The number of hydrogen-bond donors (Lipinski definition) is 1. The van der Waals surface area contributed by atoms with E-state index in [1.54, 1.807) is 12.0 Å². The lowest BCUT2D eigenvalue weighted by Gasteiger charge is -2.37. The minimum Gasteiger partial charge on any atom is -0.496 e. The van der Waals surface area contributed by atoms with Gasteiger partial charge in [0.05, 0.1) is 12.6 Å². The molecule has 1 saturated carbocycles. The van der Waals surface area contributed by atoms with E-state index in [2.05, 4.69) is 4.40 Å². The number of amides is 2. The fraction of sp³-hybridized carbons (Fsp3) is 0.444. The molecule has 2 aromatic heterocycles. The second-order valence-electron chi connectivity index (χ2n) is 9.55. The van der Waals surface area contributed by atoms with Crippen LogP contribution in [-0.4, -0.2) is 52.1 Å². The molecule has 1 aliphatic carbocycles. The second-order valence-corrected chi connectivity index (χ2v) is 9.55. The van der Waals surface area contributed by atoms with Gasteiger partial charge in [0, 0.05) is 30.8 Å². The molecule has 0 spiro atoms. The van der Waals surface area contributed by atoms with Crippen molar-refractivity contribution in [3.63, 3.8) is 0 Å². The number of imidazole rings is 1. The van der Waals surface area contributed by atoms with E-state index in [0.717, 1.165) is 60.5 Å². The predicted octanol–water partition coefficient (Wildman–Crippen LogP) is 4.51. The van der Waals surface area contributed by atoms with Crippen LogP contribution in [0, 0.1) is 0 Å². The van der Waals surface area contributed by atoms with Crippen LogP contribution in [0.15, 0.2) is 48.7 Å². The van der Waals surface area contributed by atoms with Crippen LogP contribution in [0.1, 0.15) is 56.7 Å². The lowest BCUT2D eigenvalue weighted by Crippen LogP contribution is -2.52. The fourth-order valence-corrected chi connectivity index (χ4v) is 5.50. The van der Waals surface area contributed by atoms with E-state index in [0.29, 0.717) is 25.9 Å². The van der Waals surface area contributed by atoms with E-state index in [-0.39, 0.29) is 5.92 Å². The number of carbonyl (C=O) groups is 2. The first-order valence-electron chi connectivity index (χ1n) is 12.4. The first-order valence-corrected chi connectivity index (χ1v) is 12.4. The third-order valence-electron chi connectivity index (χ3n) is 7.38. The number of pyridine rings is 1. The minimum atomic E-state index is -1.18. The normalized spacial score (nSPS) is 19.9. The third kappa shape index (κ3) is 4.33. The molecule has 2 N–H and O–H groups in total. The molecule has 3 aromatic rings. The van der Waals surface area contributed by atoms with Crippen molar-refractivity contribution < 1.29 is 19.1 Å². The Morgan fingerprint density at radius 3 is 2.60 bits per heavy atom. The summed E-state index contributed by atoms with van der Waals surface area (Å²) in [6.45, 7) is 1.07. The fourth-order valence-electron chi connectivity index (χ4n) is 5.50. The summed E-state index contributed by atoms with van der Waals surface area (Å²) in [5.41, 5.74) is 7.27. The number of aromatic nitrogens is 2. The zero-order valence-corrected chi connectivity index (χ0v) is 20.1. The number of fused-ring (bicyclic) bond motifs is 1. The number of primary amides is 1. The summed E-state index contributed by atoms with van der Waals surface area (Å²) in [5, 5.41) is 0. The number of nitrogens with zero attached hydrogens (tertiary/aromatic N) is 3. The SMILES string of the molecule is COc1ccccc1-c1nc(C2CCCN(C(=O)OC3(C(N)=O)CCCCC3)C2)n2ccccc12. The highest BCUT2D eigenvalue weighted by Crippen LogP contribution is 2.37. The summed E-state index contributed by atoms with van der Waals surface area (Å²) < 4.78 is 13.5. The first kappa shape index (κ1) is 23.2. The van der Waals surface area contributed by atoms with Gasteiger partial charge in [-0.2, -0.15) is 0 Å². The maximum Gasteiger partial charge on any atom is 0.410 e. The van der Waals surface area contributed by atoms with Crippen LogP contribution in [0.25, 0.3) is 16.8 Å². The van der Waals surface area contributed by atoms with Gasteiger partial charge in [-0.25, -0.2) is 9.78 Å². The largest absolute Gasteiger partial charge is 0.496 e. The maximum atomic E-state index is 13.2. The smallest absolute Gasteiger partial charge is 0.410 e. The number of benzene rings is 1. The van der Waals surface area contributed by atoms with Crippen LogP contribution in [0.3, 0.4) is 0 Å². The number of para-hydroxylation sites is 1. The van der Waals surface area contributed by atoms with Crippen molar-refractivity contribution in [1.82, 2.24) is 14.3 Å². The average molecular weight is 477 g/mol. The average Bonchev–Trinajstić information content (AvgIpc) is 3.29. The lowest BCUT2D eigenvalue weighted by molar-refractivity contribution is -0.141. The van der Waals surface area contributed by atoms with Gasteiger partial charge in [-0.1, -0.05) is 24.6 Å². The van der Waals surface area contributed by atoms with Crippen molar-refractivity contribution in [3.8, 4) is 17.0 Å². The number of carbonyl (C=O) groups excluding carboxylic acids is 2. The molecule has 1 saturated heterocycles. The molecule has 35 heavy (non-hydrogen) atoms. The highest BCUT2D eigenvalue weighted by atomic mass is 16.6. The summed E-state index contributed by atoms with van der Waals surface area (Å²) >= 11 is 0. The monoisotopic (exact) mass is 476 g/mol. The van der Waals surface area contributed by atoms with E-state index in [4.69, 9.17) is 20.2 Å². The Morgan fingerprint density at radius 2 is 1.83 bits per heavy atom. The van der Waals surface area contributed by atoms with E-state index in [1.165, 1.54) is 0 Å². The zero-order chi connectivity index (χ0) is 24.4. The second kappa shape index (κ2) is 9.60. The van der Waals surface area contributed by atoms with Gasteiger partial charge in [0.15, 0.2) is 5.60 Å². The summed E-state index contributed by atoms with van der Waals surface area (Å²) in [5.74, 6) is 1.16. The molecule has 2 amide bonds. The van der Waals surface area contributed by atoms with Gasteiger partial charge in [-0.3, -0.25) is 4.79 Å². The molecule has 8 heteroatoms. The van der Waals surface area contributed by atoms with Gasteiger partial charge < -0.3 is 24.5 Å². The number of hydrogen-bond acceptors (Lipinski definition) is 5. The maximum absolute atomic E-state index is 13.2. The van der Waals surface area contributed by atoms with Crippen LogP contribution in [-0.2, 0) is 9.53 Å². The number of nitrogens with two attached hydrogens (primary N) is 1. The van der Waals surface area contributed by atoms with Crippen molar-refractivity contribution in [2.45, 2.75) is 56.5 Å². The molecule has 184 valence electrons. The zero-order valence-electron chi connectivity index (χ0n) is 20.1. The standard InChI is InChI=1S/C27H32N4O4/c1-34-22-13-4-3-11-20(22)23-21-12-5-8-17-31(21)24(29-23)19-10-9-16-30(18-19)26(33)35-27(25(28)32)14-6-2-7-15-27/h3-5,8,11-13,17,19H,2,6-7,9-10,14-16,18H2,1H3,(H2,28,32). The molecule has 1 aromatic carbocycles. The molecule has 2 fully saturated rings. The van der Waals surface area contributed by atoms with Crippen LogP contribution in [0.5, 0.6) is 5.75 Å². The topological polar surface area (TPSA) is 99.2 Å². The van der Waals surface area contributed by atoms with Gasteiger partial charge in [0.25, 0.3) is 5.91 Å². The minimum absolute atomic E-state index is 0.0329. The Labute approximate surface area is 205 Å². The predicted molar refractivity (Wildman–Crippen MR) is 132 cm³/mol. The van der Waals surface area contributed by atoms with Crippen molar-refractivity contribution >= 4 is 17.5 Å². The van der Waals surface area contributed by atoms with E-state index < -0.39 is 17.6 Å². The van der Waals surface area contributed by atoms with Gasteiger partial charge in [-0.15, -0.1) is 0 Å². The number of piperidine rings is 1. The third-order valence-corrected chi connectivity index (χ3v) is 7.38. The molecule has 8 nitrogen and oxygen atoms in total. The summed E-state index contributed by atoms with van der Waals surface area (Å²) in [6.07, 6.45) is 6.99. The van der Waals surface area contributed by atoms with Crippen molar-refractivity contribution in [3.05, 3.63) is 54.5 Å².